The number of aliphatic carboxylic acids is 1. The molecule has 5 heterocycles. The second kappa shape index (κ2) is 11.2. The van der Waals surface area contributed by atoms with E-state index < -0.39 is 17.9 Å². The molecule has 4 aliphatic rings. The van der Waals surface area contributed by atoms with Crippen LogP contribution in [0.3, 0.4) is 0 Å². The number of thioether (sulfide) groups is 1. The van der Waals surface area contributed by atoms with Gasteiger partial charge in [0.25, 0.3) is 0 Å². The largest absolute Gasteiger partial charge is 0.477 e. The van der Waals surface area contributed by atoms with Gasteiger partial charge in [0.05, 0.1) is 18.0 Å². The third-order valence-corrected chi connectivity index (χ3v) is 9.87. The van der Waals surface area contributed by atoms with Crippen molar-refractivity contribution in [3.05, 3.63) is 16.9 Å². The number of carbonyl (C=O) groups excluding carboxylic acids is 3. The Morgan fingerprint density at radius 1 is 1.31 bits per heavy atom. The monoisotopic (exact) mass is 561 g/mol. The van der Waals surface area contributed by atoms with Gasteiger partial charge in [-0.25, -0.2) is 9.48 Å². The summed E-state index contributed by atoms with van der Waals surface area (Å²) in [5, 5.41) is 26.9. The van der Waals surface area contributed by atoms with E-state index in [-0.39, 0.29) is 53.2 Å². The summed E-state index contributed by atoms with van der Waals surface area (Å²) in [5.74, 6) is -1.99. The van der Waals surface area contributed by atoms with Crippen LogP contribution in [-0.4, -0.2) is 108 Å². The van der Waals surface area contributed by atoms with Gasteiger partial charge in [-0.05, 0) is 49.1 Å². The van der Waals surface area contributed by atoms with Crippen molar-refractivity contribution in [1.82, 2.24) is 40.6 Å². The number of hydrogen-bond acceptors (Lipinski definition) is 10. The fraction of sp³-hybridized carbons (Fsp3) is 0.708. The topological polar surface area (TPSA) is 189 Å². The Labute approximate surface area is 230 Å². The SMILES string of the molecule is C[C@@H](NC(=O)Cn1cnnn1)[C@H]1C(=O)N2C(C(=O)O)=C(S[C@@H]3CN[C@H](C(=O)N4CCC(CN)CC4)C3)[C@H](C)[C@H]12. The Kier molecular flexibility index (Phi) is 7.91. The molecule has 0 radical (unpaired) electrons. The first-order valence-corrected chi connectivity index (χ1v) is 14.3. The second-order valence-corrected chi connectivity index (χ2v) is 12.2. The molecule has 15 heteroatoms. The number of likely N-dealkylation sites (tertiary alicyclic amines) is 1. The summed E-state index contributed by atoms with van der Waals surface area (Å²) in [4.78, 5) is 54.9. The smallest absolute Gasteiger partial charge is 0.353 e. The van der Waals surface area contributed by atoms with Crippen molar-refractivity contribution < 1.29 is 24.3 Å². The van der Waals surface area contributed by atoms with Gasteiger partial charge in [-0.1, -0.05) is 6.92 Å². The van der Waals surface area contributed by atoms with E-state index in [0.717, 1.165) is 12.8 Å². The molecule has 0 saturated carbocycles. The van der Waals surface area contributed by atoms with Crippen molar-refractivity contribution in [2.24, 2.45) is 23.5 Å². The first kappa shape index (κ1) is 27.5. The van der Waals surface area contributed by atoms with Gasteiger partial charge in [0.2, 0.25) is 17.7 Å². The summed E-state index contributed by atoms with van der Waals surface area (Å²) in [6, 6.07) is -1.16. The zero-order chi connectivity index (χ0) is 27.8. The van der Waals surface area contributed by atoms with Crippen LogP contribution in [0.4, 0.5) is 0 Å². The van der Waals surface area contributed by atoms with Crippen molar-refractivity contribution in [3.8, 4) is 0 Å². The molecule has 6 atom stereocenters. The number of fused-ring (bicyclic) bond motifs is 1. The van der Waals surface area contributed by atoms with Gasteiger partial charge in [0.15, 0.2) is 0 Å². The van der Waals surface area contributed by atoms with Gasteiger partial charge in [-0.2, -0.15) is 0 Å². The van der Waals surface area contributed by atoms with Gasteiger partial charge in [0.1, 0.15) is 18.6 Å². The van der Waals surface area contributed by atoms with Crippen molar-refractivity contribution >= 4 is 35.5 Å². The standard InChI is InChI=1S/C24H35N9O5S/c1-12-19-18(13(2)28-17(34)10-32-11-27-29-30-32)23(36)33(19)20(24(37)38)21(12)39-15-7-16(26-9-15)22(35)31-5-3-14(8-25)4-6-31/h11-16,18-19,26H,3-10,25H2,1-2H3,(H,28,34)(H,37,38)/t12-,13-,15+,16+,18-,19-/m1/s1. The number of nitrogens with zero attached hydrogens (tertiary/aromatic N) is 6. The molecule has 0 unspecified atom stereocenters. The minimum Gasteiger partial charge on any atom is -0.477 e. The summed E-state index contributed by atoms with van der Waals surface area (Å²) < 4.78 is 1.28. The van der Waals surface area contributed by atoms with Crippen LogP contribution >= 0.6 is 11.8 Å². The van der Waals surface area contributed by atoms with Gasteiger partial charge in [-0.15, -0.1) is 16.9 Å². The molecule has 1 aromatic rings. The van der Waals surface area contributed by atoms with Crippen LogP contribution in [0.1, 0.15) is 33.1 Å². The lowest BCUT2D eigenvalue weighted by atomic mass is 9.78. The lowest BCUT2D eigenvalue weighted by molar-refractivity contribution is -0.158. The molecule has 5 rings (SSSR count). The fourth-order valence-electron chi connectivity index (χ4n) is 6.26. The zero-order valence-electron chi connectivity index (χ0n) is 22.0. The molecule has 4 aliphatic heterocycles. The minimum absolute atomic E-state index is 0.00741. The number of hydrogen-bond donors (Lipinski definition) is 4. The molecule has 14 nitrogen and oxygen atoms in total. The van der Waals surface area contributed by atoms with E-state index in [2.05, 4.69) is 26.2 Å². The first-order chi connectivity index (χ1) is 18.7. The number of tetrazole rings is 1. The van der Waals surface area contributed by atoms with Crippen molar-refractivity contribution in [3.63, 3.8) is 0 Å². The third kappa shape index (κ3) is 5.26. The van der Waals surface area contributed by atoms with Crippen LogP contribution in [-0.2, 0) is 25.7 Å². The Morgan fingerprint density at radius 3 is 2.69 bits per heavy atom. The predicted molar refractivity (Wildman–Crippen MR) is 140 cm³/mol. The maximum atomic E-state index is 13.1. The average Bonchev–Trinajstić information content (AvgIpc) is 3.64. The van der Waals surface area contributed by atoms with E-state index in [4.69, 9.17) is 5.73 Å². The molecule has 0 spiro atoms. The number of carboxylic acids is 1. The average molecular weight is 562 g/mol. The zero-order valence-corrected chi connectivity index (χ0v) is 22.8. The Morgan fingerprint density at radius 2 is 2.05 bits per heavy atom. The maximum Gasteiger partial charge on any atom is 0.353 e. The van der Waals surface area contributed by atoms with Gasteiger partial charge in [-0.3, -0.25) is 14.4 Å². The molecule has 0 aromatic carbocycles. The Hall–Kier alpha value is -3.04. The van der Waals surface area contributed by atoms with Crippen molar-refractivity contribution in [1.29, 1.82) is 0 Å². The highest BCUT2D eigenvalue weighted by Gasteiger charge is 2.60. The summed E-state index contributed by atoms with van der Waals surface area (Å²) in [5.41, 5.74) is 5.79. The van der Waals surface area contributed by atoms with Crippen LogP contribution in [0.25, 0.3) is 0 Å². The highest BCUT2D eigenvalue weighted by Crippen LogP contribution is 2.51. The van der Waals surface area contributed by atoms with Crippen LogP contribution in [0.5, 0.6) is 0 Å². The van der Waals surface area contributed by atoms with E-state index in [1.807, 2.05) is 11.8 Å². The van der Waals surface area contributed by atoms with Crippen molar-refractivity contribution in [2.75, 3.05) is 26.2 Å². The molecule has 5 N–H and O–H groups in total. The lowest BCUT2D eigenvalue weighted by Gasteiger charge is -2.47. The van der Waals surface area contributed by atoms with E-state index in [0.29, 0.717) is 43.4 Å². The fourth-order valence-corrected chi connectivity index (χ4v) is 7.73. The maximum absolute atomic E-state index is 13.1. The number of nitrogens with one attached hydrogen (secondary N) is 2. The van der Waals surface area contributed by atoms with Gasteiger partial charge in [0, 0.05) is 41.7 Å². The number of amides is 3. The quantitative estimate of drug-likeness (QED) is 0.260. The number of piperidine rings is 1. The molecule has 39 heavy (non-hydrogen) atoms. The van der Waals surface area contributed by atoms with Crippen LogP contribution < -0.4 is 16.4 Å². The van der Waals surface area contributed by atoms with Crippen molar-refractivity contribution in [2.45, 2.75) is 63.0 Å². The number of nitrogens with two attached hydrogens (primary N) is 1. The molecule has 3 saturated heterocycles. The van der Waals surface area contributed by atoms with E-state index in [1.54, 1.807) is 6.92 Å². The number of carbonyl (C=O) groups is 4. The van der Waals surface area contributed by atoms with E-state index in [1.165, 1.54) is 27.7 Å². The lowest BCUT2D eigenvalue weighted by Crippen LogP contribution is -2.66. The van der Waals surface area contributed by atoms with E-state index in [9.17, 15) is 24.3 Å². The molecular weight excluding hydrogens is 526 g/mol. The normalized spacial score (nSPS) is 29.8. The van der Waals surface area contributed by atoms with Crippen LogP contribution in [0.15, 0.2) is 16.9 Å². The molecule has 3 fully saturated rings. The minimum atomic E-state index is -1.14. The van der Waals surface area contributed by atoms with Gasteiger partial charge >= 0.3 is 5.97 Å². The van der Waals surface area contributed by atoms with E-state index >= 15 is 0 Å². The Bertz CT molecular complexity index is 1150. The first-order valence-electron chi connectivity index (χ1n) is 13.4. The number of β-lactam (4-membered cyclic amide) rings is 1. The molecule has 0 aliphatic carbocycles. The highest BCUT2D eigenvalue weighted by atomic mass is 32.2. The summed E-state index contributed by atoms with van der Waals surface area (Å²) in [7, 11) is 0. The number of aromatic nitrogens is 4. The summed E-state index contributed by atoms with van der Waals surface area (Å²) >= 11 is 1.45. The highest BCUT2D eigenvalue weighted by molar-refractivity contribution is 8.03. The molecule has 0 bridgehead atoms. The molecular formula is C24H35N9O5S. The van der Waals surface area contributed by atoms with Crippen LogP contribution in [0.2, 0.25) is 0 Å². The number of rotatable bonds is 9. The molecule has 212 valence electrons. The third-order valence-electron chi connectivity index (χ3n) is 8.36. The Balaban J connectivity index is 1.21. The predicted octanol–water partition coefficient (Wildman–Crippen LogP) is -1.39. The number of carboxylic acid groups (broad SMARTS) is 1. The summed E-state index contributed by atoms with van der Waals surface area (Å²) in [6.07, 6.45) is 3.76. The summed E-state index contributed by atoms with van der Waals surface area (Å²) in [6.45, 7) is 6.26. The second-order valence-electron chi connectivity index (χ2n) is 10.8. The van der Waals surface area contributed by atoms with Gasteiger partial charge < -0.3 is 31.3 Å². The molecule has 1 aromatic heterocycles. The van der Waals surface area contributed by atoms with Crippen LogP contribution in [0, 0.1) is 17.8 Å². The molecule has 3 amide bonds.